The van der Waals surface area contributed by atoms with Crippen LogP contribution in [0.4, 0.5) is 4.79 Å². The van der Waals surface area contributed by atoms with Gasteiger partial charge in [-0.05, 0) is 6.92 Å². The second kappa shape index (κ2) is 8.70. The lowest BCUT2D eigenvalue weighted by Gasteiger charge is -2.12. The van der Waals surface area contributed by atoms with Crippen LogP contribution < -0.4 is 5.32 Å². The standard InChI is InChI=1S/C17H17N3O3S3/c1-11-2-4-12(5-3-11)13-8-24-16(19-13)25-9-14(21)18-6-7-20-15(22)10-26-17(20)23/h2-5,8H,6-7,9-10H2,1H3,(H,18,21). The van der Waals surface area contributed by atoms with Crippen molar-refractivity contribution < 1.29 is 14.4 Å². The van der Waals surface area contributed by atoms with Gasteiger partial charge in [0.25, 0.3) is 5.24 Å². The summed E-state index contributed by atoms with van der Waals surface area (Å²) in [5.74, 6) is 0.0944. The lowest BCUT2D eigenvalue weighted by atomic mass is 10.1. The van der Waals surface area contributed by atoms with E-state index in [0.717, 1.165) is 27.4 Å². The van der Waals surface area contributed by atoms with Crippen molar-refractivity contribution in [1.29, 1.82) is 0 Å². The number of thioether (sulfide) groups is 2. The van der Waals surface area contributed by atoms with Crippen LogP contribution in [0.3, 0.4) is 0 Å². The number of aromatic nitrogens is 1. The molecule has 2 aromatic rings. The number of thiazole rings is 1. The van der Waals surface area contributed by atoms with E-state index in [4.69, 9.17) is 0 Å². The normalized spacial score (nSPS) is 14.1. The summed E-state index contributed by atoms with van der Waals surface area (Å²) < 4.78 is 0.831. The molecular weight excluding hydrogens is 390 g/mol. The molecule has 1 aliphatic rings. The summed E-state index contributed by atoms with van der Waals surface area (Å²) in [6.07, 6.45) is 0. The zero-order valence-electron chi connectivity index (χ0n) is 14.1. The Hall–Kier alpha value is -1.84. The maximum atomic E-state index is 11.9. The zero-order chi connectivity index (χ0) is 18.5. The van der Waals surface area contributed by atoms with Crippen LogP contribution in [-0.2, 0) is 9.59 Å². The highest BCUT2D eigenvalue weighted by Crippen LogP contribution is 2.28. The van der Waals surface area contributed by atoms with E-state index in [9.17, 15) is 14.4 Å². The van der Waals surface area contributed by atoms with Crippen LogP contribution in [-0.4, -0.2) is 51.5 Å². The van der Waals surface area contributed by atoms with E-state index in [-0.39, 0.29) is 41.6 Å². The third-order valence-electron chi connectivity index (χ3n) is 3.66. The van der Waals surface area contributed by atoms with Gasteiger partial charge in [0.2, 0.25) is 11.8 Å². The number of carbonyl (C=O) groups is 3. The molecule has 1 aromatic carbocycles. The van der Waals surface area contributed by atoms with Crippen LogP contribution in [0.5, 0.6) is 0 Å². The van der Waals surface area contributed by atoms with Gasteiger partial charge in [0.1, 0.15) is 0 Å². The van der Waals surface area contributed by atoms with E-state index in [0.29, 0.717) is 0 Å². The van der Waals surface area contributed by atoms with Crippen molar-refractivity contribution in [1.82, 2.24) is 15.2 Å². The van der Waals surface area contributed by atoms with Gasteiger partial charge in [-0.3, -0.25) is 19.3 Å². The SMILES string of the molecule is Cc1ccc(-c2csc(SCC(=O)NCCN3C(=O)CSC3=O)n2)cc1. The van der Waals surface area contributed by atoms with Gasteiger partial charge in [0.15, 0.2) is 4.34 Å². The Morgan fingerprint density at radius 2 is 2.08 bits per heavy atom. The number of hydrogen-bond acceptors (Lipinski definition) is 7. The predicted molar refractivity (Wildman–Crippen MR) is 106 cm³/mol. The van der Waals surface area contributed by atoms with Gasteiger partial charge in [-0.2, -0.15) is 0 Å². The molecule has 1 fully saturated rings. The Kier molecular flexibility index (Phi) is 6.33. The van der Waals surface area contributed by atoms with Gasteiger partial charge >= 0.3 is 0 Å². The summed E-state index contributed by atoms with van der Waals surface area (Å²) in [5, 5.41) is 4.46. The Balaban J connectivity index is 1.42. The van der Waals surface area contributed by atoms with Crippen molar-refractivity contribution in [3.63, 3.8) is 0 Å². The number of benzene rings is 1. The number of carbonyl (C=O) groups excluding carboxylic acids is 3. The van der Waals surface area contributed by atoms with E-state index in [2.05, 4.69) is 10.3 Å². The summed E-state index contributed by atoms with van der Waals surface area (Å²) in [6.45, 7) is 2.53. The van der Waals surface area contributed by atoms with Gasteiger partial charge < -0.3 is 5.32 Å². The van der Waals surface area contributed by atoms with Crippen LogP contribution >= 0.6 is 34.9 Å². The molecule has 0 bridgehead atoms. The second-order valence-corrected chi connectivity index (χ2v) is 8.61. The van der Waals surface area contributed by atoms with Gasteiger partial charge in [0.05, 0.1) is 17.2 Å². The minimum Gasteiger partial charge on any atom is -0.354 e. The first kappa shape index (κ1) is 18.9. The third kappa shape index (κ3) is 4.87. The largest absolute Gasteiger partial charge is 0.354 e. The molecule has 0 spiro atoms. The highest BCUT2D eigenvalue weighted by atomic mass is 32.2. The van der Waals surface area contributed by atoms with Crippen molar-refractivity contribution >= 4 is 51.9 Å². The first-order chi connectivity index (χ1) is 12.5. The fraction of sp³-hybridized carbons (Fsp3) is 0.294. The van der Waals surface area contributed by atoms with Crippen molar-refractivity contribution in [2.24, 2.45) is 0 Å². The number of nitrogens with one attached hydrogen (secondary N) is 1. The van der Waals surface area contributed by atoms with E-state index in [1.54, 1.807) is 0 Å². The molecule has 1 N–H and O–H groups in total. The molecule has 1 aliphatic heterocycles. The molecule has 3 rings (SSSR count). The molecular formula is C17H17N3O3S3. The Bertz CT molecular complexity index is 804. The summed E-state index contributed by atoms with van der Waals surface area (Å²) in [5.41, 5.74) is 3.16. The topological polar surface area (TPSA) is 79.4 Å². The maximum absolute atomic E-state index is 11.9. The Morgan fingerprint density at radius 1 is 1.31 bits per heavy atom. The molecule has 9 heteroatoms. The lowest BCUT2D eigenvalue weighted by Crippen LogP contribution is -2.38. The van der Waals surface area contributed by atoms with Gasteiger partial charge in [-0.1, -0.05) is 53.4 Å². The maximum Gasteiger partial charge on any atom is 0.288 e. The number of imide groups is 1. The summed E-state index contributed by atoms with van der Waals surface area (Å²) in [7, 11) is 0. The molecule has 3 amide bonds. The monoisotopic (exact) mass is 407 g/mol. The van der Waals surface area contributed by atoms with Gasteiger partial charge in [-0.15, -0.1) is 11.3 Å². The van der Waals surface area contributed by atoms with E-state index < -0.39 is 0 Å². The molecule has 0 radical (unpaired) electrons. The number of hydrogen-bond donors (Lipinski definition) is 1. The van der Waals surface area contributed by atoms with Gasteiger partial charge in [0, 0.05) is 24.0 Å². The fourth-order valence-corrected chi connectivity index (χ4v) is 4.68. The van der Waals surface area contributed by atoms with E-state index in [1.165, 1.54) is 33.6 Å². The first-order valence-corrected chi connectivity index (χ1v) is 10.8. The lowest BCUT2D eigenvalue weighted by molar-refractivity contribution is -0.125. The van der Waals surface area contributed by atoms with Crippen LogP contribution in [0.1, 0.15) is 5.56 Å². The average Bonchev–Trinajstić information content (AvgIpc) is 3.22. The summed E-state index contributed by atoms with van der Waals surface area (Å²) >= 11 is 3.88. The van der Waals surface area contributed by atoms with E-state index >= 15 is 0 Å². The van der Waals surface area contributed by atoms with Crippen LogP contribution in [0.15, 0.2) is 34.0 Å². The Morgan fingerprint density at radius 3 is 2.77 bits per heavy atom. The molecule has 0 saturated carbocycles. The van der Waals surface area contributed by atoms with Crippen LogP contribution in [0.2, 0.25) is 0 Å². The Labute approximate surface area is 163 Å². The molecule has 0 atom stereocenters. The second-order valence-electron chi connectivity index (χ2n) is 5.60. The minimum absolute atomic E-state index is 0.145. The molecule has 2 heterocycles. The summed E-state index contributed by atoms with van der Waals surface area (Å²) in [6, 6.07) is 8.15. The molecule has 1 aromatic heterocycles. The molecule has 0 aliphatic carbocycles. The predicted octanol–water partition coefficient (Wildman–Crippen LogP) is 3.02. The van der Waals surface area contributed by atoms with Crippen LogP contribution in [0.25, 0.3) is 11.3 Å². The molecule has 1 saturated heterocycles. The first-order valence-electron chi connectivity index (χ1n) is 7.92. The van der Waals surface area contributed by atoms with Crippen molar-refractivity contribution in [2.75, 3.05) is 24.6 Å². The zero-order valence-corrected chi connectivity index (χ0v) is 16.5. The number of nitrogens with zero attached hydrogens (tertiary/aromatic N) is 2. The number of amides is 3. The van der Waals surface area contributed by atoms with Crippen molar-refractivity contribution in [3.05, 3.63) is 35.2 Å². The molecule has 0 unspecified atom stereocenters. The van der Waals surface area contributed by atoms with Crippen LogP contribution in [0, 0.1) is 6.92 Å². The quantitative estimate of drug-likeness (QED) is 0.711. The molecule has 26 heavy (non-hydrogen) atoms. The molecule has 136 valence electrons. The number of rotatable bonds is 7. The highest BCUT2D eigenvalue weighted by Gasteiger charge is 2.29. The smallest absolute Gasteiger partial charge is 0.288 e. The minimum atomic E-state index is -0.245. The number of aryl methyl sites for hydroxylation is 1. The highest BCUT2D eigenvalue weighted by molar-refractivity contribution is 8.14. The van der Waals surface area contributed by atoms with E-state index in [1.807, 2.05) is 36.6 Å². The third-order valence-corrected chi connectivity index (χ3v) is 6.53. The van der Waals surface area contributed by atoms with Crippen molar-refractivity contribution in [2.45, 2.75) is 11.3 Å². The fourth-order valence-electron chi connectivity index (χ4n) is 2.26. The van der Waals surface area contributed by atoms with Gasteiger partial charge in [-0.25, -0.2) is 4.98 Å². The summed E-state index contributed by atoms with van der Waals surface area (Å²) in [4.78, 5) is 40.6. The average molecular weight is 408 g/mol. The van der Waals surface area contributed by atoms with Crippen molar-refractivity contribution in [3.8, 4) is 11.3 Å². The molecule has 6 nitrogen and oxygen atoms in total.